The fraction of sp³-hybridized carbons (Fsp3) is 0.250. The maximum absolute atomic E-state index is 6.14. The van der Waals surface area contributed by atoms with Crippen LogP contribution < -0.4 is 5.73 Å². The van der Waals surface area contributed by atoms with E-state index < -0.39 is 5.54 Å². The first-order valence-electron chi connectivity index (χ1n) is 5.17. The number of nitrogens with zero attached hydrogens (tertiary/aromatic N) is 2. The van der Waals surface area contributed by atoms with Gasteiger partial charge in [0.2, 0.25) is 0 Å². The molecule has 0 radical (unpaired) electrons. The molecular formula is C12H13Br2N3. The molecule has 0 aliphatic rings. The second kappa shape index (κ2) is 4.55. The molecule has 0 amide bonds. The summed E-state index contributed by atoms with van der Waals surface area (Å²) in [6.45, 7) is 3.93. The summed E-state index contributed by atoms with van der Waals surface area (Å²) in [6, 6.07) is 6.01. The van der Waals surface area contributed by atoms with E-state index in [2.05, 4.69) is 36.8 Å². The van der Waals surface area contributed by atoms with Gasteiger partial charge in [0.15, 0.2) is 0 Å². The van der Waals surface area contributed by atoms with Crippen LogP contribution in [0.15, 0.2) is 39.7 Å². The van der Waals surface area contributed by atoms with Crippen LogP contribution in [-0.2, 0) is 5.54 Å². The average molecular weight is 359 g/mol. The van der Waals surface area contributed by atoms with Crippen LogP contribution in [0.25, 0.3) is 5.69 Å². The van der Waals surface area contributed by atoms with Crippen LogP contribution in [0.4, 0.5) is 0 Å². The molecule has 1 aromatic carbocycles. The summed E-state index contributed by atoms with van der Waals surface area (Å²) in [4.78, 5) is 4.18. The number of imidazole rings is 1. The Morgan fingerprint density at radius 1 is 1.29 bits per heavy atom. The first-order chi connectivity index (χ1) is 7.89. The lowest BCUT2D eigenvalue weighted by molar-refractivity contribution is 0.524. The Kier molecular flexibility index (Phi) is 3.43. The van der Waals surface area contributed by atoms with E-state index in [1.165, 1.54) is 0 Å². The van der Waals surface area contributed by atoms with Gasteiger partial charge in [-0.2, -0.15) is 0 Å². The molecule has 3 nitrogen and oxygen atoms in total. The van der Waals surface area contributed by atoms with Gasteiger partial charge in [-0.15, -0.1) is 0 Å². The van der Waals surface area contributed by atoms with Gasteiger partial charge in [0.25, 0.3) is 0 Å². The van der Waals surface area contributed by atoms with Crippen LogP contribution in [0.2, 0.25) is 0 Å². The van der Waals surface area contributed by atoms with Crippen LogP contribution in [0, 0.1) is 0 Å². The normalized spacial score (nSPS) is 11.8. The van der Waals surface area contributed by atoms with Crippen molar-refractivity contribution in [3.8, 4) is 5.69 Å². The third-order valence-electron chi connectivity index (χ3n) is 2.47. The lowest BCUT2D eigenvalue weighted by Gasteiger charge is -2.21. The van der Waals surface area contributed by atoms with E-state index in [0.717, 1.165) is 20.3 Å². The molecule has 0 bridgehead atoms. The highest BCUT2D eigenvalue weighted by molar-refractivity contribution is 9.11. The van der Waals surface area contributed by atoms with Crippen molar-refractivity contribution in [2.24, 2.45) is 5.73 Å². The Morgan fingerprint density at radius 3 is 2.65 bits per heavy atom. The summed E-state index contributed by atoms with van der Waals surface area (Å²) in [5.74, 6) is 0. The van der Waals surface area contributed by atoms with Crippen molar-refractivity contribution < 1.29 is 0 Å². The van der Waals surface area contributed by atoms with Gasteiger partial charge in [-0.1, -0.05) is 15.9 Å². The largest absolute Gasteiger partial charge is 0.321 e. The van der Waals surface area contributed by atoms with Crippen LogP contribution in [0.3, 0.4) is 0 Å². The average Bonchev–Trinajstić information content (AvgIpc) is 2.69. The molecule has 0 fully saturated rings. The molecule has 0 aliphatic heterocycles. The summed E-state index contributed by atoms with van der Waals surface area (Å²) in [5.41, 5.74) is 7.70. The number of nitrogens with two attached hydrogens (primary N) is 1. The van der Waals surface area contributed by atoms with Crippen molar-refractivity contribution in [1.82, 2.24) is 9.55 Å². The Bertz CT molecular complexity index is 541. The lowest BCUT2D eigenvalue weighted by atomic mass is 10.0. The molecule has 0 saturated heterocycles. The van der Waals surface area contributed by atoms with E-state index in [1.807, 2.05) is 36.6 Å². The van der Waals surface area contributed by atoms with Gasteiger partial charge in [0, 0.05) is 8.95 Å². The summed E-state index contributed by atoms with van der Waals surface area (Å²) in [7, 11) is 0. The second-order valence-electron chi connectivity index (χ2n) is 4.47. The number of aromatic nitrogens is 2. The Labute approximate surface area is 117 Å². The molecule has 0 saturated carbocycles. The van der Waals surface area contributed by atoms with Gasteiger partial charge in [0.1, 0.15) is 0 Å². The fourth-order valence-corrected chi connectivity index (χ4v) is 2.42. The minimum Gasteiger partial charge on any atom is -0.321 e. The predicted molar refractivity (Wildman–Crippen MR) is 76.2 cm³/mol. The Morgan fingerprint density at radius 2 is 2.00 bits per heavy atom. The first-order valence-corrected chi connectivity index (χ1v) is 6.75. The minimum atomic E-state index is -0.432. The topological polar surface area (TPSA) is 43.8 Å². The van der Waals surface area contributed by atoms with Crippen LogP contribution in [0.1, 0.15) is 19.5 Å². The zero-order valence-electron chi connectivity index (χ0n) is 9.61. The smallest absolute Gasteiger partial charge is 0.0995 e. The summed E-state index contributed by atoms with van der Waals surface area (Å²) < 4.78 is 4.02. The van der Waals surface area contributed by atoms with Crippen molar-refractivity contribution in [1.29, 1.82) is 0 Å². The van der Waals surface area contributed by atoms with E-state index in [4.69, 9.17) is 5.73 Å². The zero-order chi connectivity index (χ0) is 12.6. The number of hydrogen-bond acceptors (Lipinski definition) is 2. The van der Waals surface area contributed by atoms with Crippen LogP contribution in [-0.4, -0.2) is 9.55 Å². The summed E-state index contributed by atoms with van der Waals surface area (Å²) in [6.07, 6.45) is 3.57. The van der Waals surface area contributed by atoms with Gasteiger partial charge in [-0.25, -0.2) is 4.98 Å². The van der Waals surface area contributed by atoms with Crippen molar-refractivity contribution >= 4 is 31.9 Å². The van der Waals surface area contributed by atoms with Gasteiger partial charge in [-0.3, -0.25) is 0 Å². The Balaban J connectivity index is 2.61. The first kappa shape index (κ1) is 12.8. The molecule has 2 aromatic rings. The molecule has 90 valence electrons. The van der Waals surface area contributed by atoms with E-state index in [0.29, 0.717) is 0 Å². The molecule has 0 spiro atoms. The van der Waals surface area contributed by atoms with Gasteiger partial charge in [-0.05, 0) is 48.0 Å². The second-order valence-corrected chi connectivity index (χ2v) is 6.24. The molecule has 1 aromatic heterocycles. The molecule has 0 atom stereocenters. The zero-order valence-corrected chi connectivity index (χ0v) is 12.8. The van der Waals surface area contributed by atoms with E-state index in [9.17, 15) is 0 Å². The lowest BCUT2D eigenvalue weighted by Crippen LogP contribution is -2.31. The molecular weight excluding hydrogens is 346 g/mol. The molecule has 17 heavy (non-hydrogen) atoms. The monoisotopic (exact) mass is 357 g/mol. The number of rotatable bonds is 2. The summed E-state index contributed by atoms with van der Waals surface area (Å²) >= 11 is 7.01. The quantitative estimate of drug-likeness (QED) is 0.891. The van der Waals surface area contributed by atoms with Crippen LogP contribution >= 0.6 is 31.9 Å². The van der Waals surface area contributed by atoms with Gasteiger partial charge >= 0.3 is 0 Å². The van der Waals surface area contributed by atoms with E-state index in [-0.39, 0.29) is 0 Å². The number of hydrogen-bond donors (Lipinski definition) is 1. The van der Waals surface area contributed by atoms with E-state index in [1.54, 1.807) is 12.5 Å². The standard InChI is InChI=1S/C12H13Br2N3/c1-12(2,15)11-6-16-7-17(11)10-5-8(13)3-4-9(10)14/h3-7H,15H2,1-2H3. The number of benzene rings is 1. The molecule has 5 heteroatoms. The van der Waals surface area contributed by atoms with Crippen molar-refractivity contribution in [3.63, 3.8) is 0 Å². The highest BCUT2D eigenvalue weighted by Crippen LogP contribution is 2.28. The van der Waals surface area contributed by atoms with Crippen LogP contribution in [0.5, 0.6) is 0 Å². The minimum absolute atomic E-state index is 0.432. The fourth-order valence-electron chi connectivity index (χ4n) is 1.63. The van der Waals surface area contributed by atoms with Crippen molar-refractivity contribution in [2.45, 2.75) is 19.4 Å². The van der Waals surface area contributed by atoms with Gasteiger partial charge in [0.05, 0.1) is 29.4 Å². The SMILES string of the molecule is CC(C)(N)c1cncn1-c1cc(Br)ccc1Br. The van der Waals surface area contributed by atoms with Gasteiger partial charge < -0.3 is 10.3 Å². The Hall–Kier alpha value is -0.650. The molecule has 1 heterocycles. The third-order valence-corrected chi connectivity index (χ3v) is 3.63. The number of halogens is 2. The molecule has 0 unspecified atom stereocenters. The highest BCUT2D eigenvalue weighted by atomic mass is 79.9. The summed E-state index contributed by atoms with van der Waals surface area (Å²) in [5, 5.41) is 0. The highest BCUT2D eigenvalue weighted by Gasteiger charge is 2.20. The maximum atomic E-state index is 6.14. The maximum Gasteiger partial charge on any atom is 0.0995 e. The third kappa shape index (κ3) is 2.61. The van der Waals surface area contributed by atoms with Crippen molar-refractivity contribution in [3.05, 3.63) is 45.4 Å². The molecule has 2 N–H and O–H groups in total. The predicted octanol–water partition coefficient (Wildman–Crippen LogP) is 3.59. The molecule has 0 aliphatic carbocycles. The van der Waals surface area contributed by atoms with Crippen molar-refractivity contribution in [2.75, 3.05) is 0 Å². The van der Waals surface area contributed by atoms with E-state index >= 15 is 0 Å². The molecule has 2 rings (SSSR count).